The highest BCUT2D eigenvalue weighted by Crippen LogP contribution is 2.30. The molecular formula is C19H16ClFN2O. The van der Waals surface area contributed by atoms with Gasteiger partial charge in [-0.2, -0.15) is 0 Å². The molecule has 0 aliphatic heterocycles. The predicted molar refractivity (Wildman–Crippen MR) is 97.0 cm³/mol. The van der Waals surface area contributed by atoms with Crippen LogP contribution in [0.2, 0.25) is 5.02 Å². The van der Waals surface area contributed by atoms with Gasteiger partial charge < -0.3 is 0 Å². The molecule has 0 aliphatic carbocycles. The average molecular weight is 343 g/mol. The van der Waals surface area contributed by atoms with Gasteiger partial charge in [-0.1, -0.05) is 35.9 Å². The Morgan fingerprint density at radius 1 is 1.04 bits per heavy atom. The Morgan fingerprint density at radius 3 is 2.29 bits per heavy atom. The summed E-state index contributed by atoms with van der Waals surface area (Å²) in [7, 11) is 0. The minimum absolute atomic E-state index is 0.217. The van der Waals surface area contributed by atoms with Crippen molar-refractivity contribution in [2.45, 2.75) is 13.1 Å². The van der Waals surface area contributed by atoms with E-state index < -0.39 is 5.82 Å². The lowest BCUT2D eigenvalue weighted by Gasteiger charge is -2.08. The molecule has 3 aromatic rings. The Hall–Kier alpha value is -2.59. The molecule has 0 saturated carbocycles. The van der Waals surface area contributed by atoms with Crippen molar-refractivity contribution < 1.29 is 4.39 Å². The third-order valence-electron chi connectivity index (χ3n) is 3.86. The van der Waals surface area contributed by atoms with Gasteiger partial charge in [0.15, 0.2) is 0 Å². The van der Waals surface area contributed by atoms with Gasteiger partial charge in [-0.25, -0.2) is 9.18 Å². The fraction of sp³-hybridized carbons (Fsp3) is 0.105. The van der Waals surface area contributed by atoms with Gasteiger partial charge in [0.1, 0.15) is 5.82 Å². The lowest BCUT2D eigenvalue weighted by atomic mass is 10.0. The molecule has 3 rings (SSSR count). The quantitative estimate of drug-likeness (QED) is 0.621. The van der Waals surface area contributed by atoms with Gasteiger partial charge in [0.2, 0.25) is 0 Å². The van der Waals surface area contributed by atoms with Crippen LogP contribution in [0.3, 0.4) is 0 Å². The van der Waals surface area contributed by atoms with Gasteiger partial charge in [-0.05, 0) is 29.8 Å². The van der Waals surface area contributed by atoms with Crippen LogP contribution in [0.1, 0.15) is 0 Å². The number of halogens is 2. The summed E-state index contributed by atoms with van der Waals surface area (Å²) in [6.45, 7) is 8.03. The lowest BCUT2D eigenvalue weighted by molar-refractivity contribution is 0.629. The normalized spacial score (nSPS) is 10.9. The zero-order chi connectivity index (χ0) is 17.3. The zero-order valence-corrected chi connectivity index (χ0v) is 13.8. The van der Waals surface area contributed by atoms with Crippen molar-refractivity contribution in [1.29, 1.82) is 0 Å². The number of aromatic nitrogens is 2. The predicted octanol–water partition coefficient (Wildman–Crippen LogP) is 4.63. The molecule has 0 atom stereocenters. The number of nitrogens with zero attached hydrogens (tertiary/aromatic N) is 2. The molecule has 122 valence electrons. The van der Waals surface area contributed by atoms with Crippen molar-refractivity contribution in [2.24, 2.45) is 0 Å². The van der Waals surface area contributed by atoms with Crippen LogP contribution in [-0.2, 0) is 13.1 Å². The fourth-order valence-corrected chi connectivity index (χ4v) is 3.00. The highest BCUT2D eigenvalue weighted by molar-refractivity contribution is 6.30. The molecule has 0 unspecified atom stereocenters. The maximum atomic E-state index is 14.2. The van der Waals surface area contributed by atoms with Crippen LogP contribution in [0.25, 0.3) is 22.2 Å². The first-order valence-corrected chi connectivity index (χ1v) is 7.85. The summed E-state index contributed by atoms with van der Waals surface area (Å²) in [4.78, 5) is 12.7. The second-order valence-corrected chi connectivity index (χ2v) is 5.85. The van der Waals surface area contributed by atoms with E-state index >= 15 is 0 Å². The molecule has 1 heterocycles. The average Bonchev–Trinajstić information content (AvgIpc) is 2.81. The third-order valence-corrected chi connectivity index (χ3v) is 4.11. The number of fused-ring (bicyclic) bond motifs is 1. The SMILES string of the molecule is C=CCn1c(=O)n(CC=C)c2c(-c3ccc(Cl)cc3)cc(F)cc21. The molecule has 5 heteroatoms. The number of benzene rings is 2. The molecule has 0 amide bonds. The third kappa shape index (κ3) is 2.69. The van der Waals surface area contributed by atoms with Crippen molar-refractivity contribution in [1.82, 2.24) is 9.13 Å². The molecule has 2 aromatic carbocycles. The second kappa shape index (κ2) is 6.49. The standard InChI is InChI=1S/C19H16ClFN2O/c1-3-9-22-17-12-15(21)11-16(13-5-7-14(20)8-6-13)18(17)23(10-4-2)19(22)24/h3-8,11-12H,1-2,9-10H2. The molecule has 0 spiro atoms. The van der Waals surface area contributed by atoms with E-state index in [1.807, 2.05) is 12.1 Å². The summed E-state index contributed by atoms with van der Waals surface area (Å²) in [6.07, 6.45) is 3.26. The van der Waals surface area contributed by atoms with Crippen molar-refractivity contribution in [2.75, 3.05) is 0 Å². The van der Waals surface area contributed by atoms with Crippen molar-refractivity contribution in [3.8, 4) is 11.1 Å². The van der Waals surface area contributed by atoms with E-state index in [1.54, 1.807) is 28.9 Å². The van der Waals surface area contributed by atoms with E-state index in [0.29, 0.717) is 34.7 Å². The van der Waals surface area contributed by atoms with E-state index in [-0.39, 0.29) is 5.69 Å². The van der Waals surface area contributed by atoms with E-state index in [1.165, 1.54) is 16.7 Å². The molecule has 0 bridgehead atoms. The van der Waals surface area contributed by atoms with E-state index in [2.05, 4.69) is 13.2 Å². The molecular weight excluding hydrogens is 327 g/mol. The molecule has 3 nitrogen and oxygen atoms in total. The van der Waals surface area contributed by atoms with Crippen LogP contribution in [0.5, 0.6) is 0 Å². The lowest BCUT2D eigenvalue weighted by Crippen LogP contribution is -2.23. The Morgan fingerprint density at radius 2 is 1.67 bits per heavy atom. The van der Waals surface area contributed by atoms with E-state index in [4.69, 9.17) is 11.6 Å². The summed E-state index contributed by atoms with van der Waals surface area (Å²) >= 11 is 5.94. The summed E-state index contributed by atoms with van der Waals surface area (Å²) in [5.74, 6) is -0.402. The minimum Gasteiger partial charge on any atom is -0.288 e. The Balaban J connectivity index is 2.43. The topological polar surface area (TPSA) is 26.9 Å². The van der Waals surface area contributed by atoms with Crippen LogP contribution < -0.4 is 5.69 Å². The first-order valence-electron chi connectivity index (χ1n) is 7.47. The molecule has 1 aromatic heterocycles. The molecule has 0 fully saturated rings. The zero-order valence-electron chi connectivity index (χ0n) is 13.0. The van der Waals surface area contributed by atoms with Gasteiger partial charge in [0.25, 0.3) is 0 Å². The van der Waals surface area contributed by atoms with Gasteiger partial charge in [-0.15, -0.1) is 13.2 Å². The number of hydrogen-bond acceptors (Lipinski definition) is 1. The Labute approximate surface area is 143 Å². The summed E-state index contributed by atoms with van der Waals surface area (Å²) < 4.78 is 17.3. The van der Waals surface area contributed by atoms with Crippen LogP contribution in [-0.4, -0.2) is 9.13 Å². The first kappa shape index (κ1) is 16.3. The number of rotatable bonds is 5. The van der Waals surface area contributed by atoms with Gasteiger partial charge in [-0.3, -0.25) is 9.13 Å². The summed E-state index contributed by atoms with van der Waals surface area (Å²) in [5.41, 5.74) is 2.42. The Bertz CT molecular complexity index is 983. The monoisotopic (exact) mass is 342 g/mol. The first-order chi connectivity index (χ1) is 11.6. The van der Waals surface area contributed by atoms with Crippen LogP contribution in [0, 0.1) is 5.82 Å². The molecule has 0 N–H and O–H groups in total. The highest BCUT2D eigenvalue weighted by Gasteiger charge is 2.17. The van der Waals surface area contributed by atoms with Crippen molar-refractivity contribution in [3.63, 3.8) is 0 Å². The fourth-order valence-electron chi connectivity index (χ4n) is 2.87. The smallest absolute Gasteiger partial charge is 0.288 e. The molecule has 0 saturated heterocycles. The minimum atomic E-state index is -0.402. The summed E-state index contributed by atoms with van der Waals surface area (Å²) in [6, 6.07) is 9.91. The Kier molecular flexibility index (Phi) is 4.40. The maximum Gasteiger partial charge on any atom is 0.329 e. The van der Waals surface area contributed by atoms with Gasteiger partial charge in [0, 0.05) is 23.7 Å². The van der Waals surface area contributed by atoms with Crippen molar-refractivity contribution in [3.05, 3.63) is 83.0 Å². The molecule has 24 heavy (non-hydrogen) atoms. The maximum absolute atomic E-state index is 14.2. The van der Waals surface area contributed by atoms with Gasteiger partial charge >= 0.3 is 5.69 Å². The van der Waals surface area contributed by atoms with Crippen molar-refractivity contribution >= 4 is 22.6 Å². The summed E-state index contributed by atoms with van der Waals surface area (Å²) in [5, 5.41) is 0.596. The number of allylic oxidation sites excluding steroid dienone is 2. The number of hydrogen-bond donors (Lipinski definition) is 0. The largest absolute Gasteiger partial charge is 0.329 e. The number of imidazole rings is 1. The van der Waals surface area contributed by atoms with Crippen LogP contribution in [0.4, 0.5) is 4.39 Å². The molecule has 0 aliphatic rings. The second-order valence-electron chi connectivity index (χ2n) is 5.41. The highest BCUT2D eigenvalue weighted by atomic mass is 35.5. The van der Waals surface area contributed by atoms with E-state index in [9.17, 15) is 9.18 Å². The van der Waals surface area contributed by atoms with Crippen LogP contribution >= 0.6 is 11.6 Å². The molecule has 0 radical (unpaired) electrons. The van der Waals surface area contributed by atoms with Gasteiger partial charge in [0.05, 0.1) is 11.0 Å². The van der Waals surface area contributed by atoms with E-state index in [0.717, 1.165) is 5.56 Å². The van der Waals surface area contributed by atoms with Crippen LogP contribution in [0.15, 0.2) is 66.5 Å².